The van der Waals surface area contributed by atoms with Crippen LogP contribution in [0.3, 0.4) is 0 Å². The summed E-state index contributed by atoms with van der Waals surface area (Å²) < 4.78 is 13.4. The Morgan fingerprint density at radius 3 is 2.94 bits per heavy atom. The van der Waals surface area contributed by atoms with E-state index in [0.29, 0.717) is 5.69 Å². The van der Waals surface area contributed by atoms with E-state index in [9.17, 15) is 9.18 Å². The summed E-state index contributed by atoms with van der Waals surface area (Å²) in [5, 5.41) is 2.82. The molecule has 1 aromatic rings. The summed E-state index contributed by atoms with van der Waals surface area (Å²) in [6, 6.07) is 4.11. The molecule has 1 aliphatic rings. The molecule has 17 heavy (non-hydrogen) atoms. The minimum absolute atomic E-state index is 0.0135. The van der Waals surface area contributed by atoms with Crippen LogP contribution in [-0.2, 0) is 0 Å². The SMILES string of the molecule is Nc1ccc(F)c(C(=O)NC2CC=CCC2)c1. The van der Waals surface area contributed by atoms with Gasteiger partial charge in [-0.3, -0.25) is 4.79 Å². The van der Waals surface area contributed by atoms with Gasteiger partial charge in [0.25, 0.3) is 5.91 Å². The molecule has 1 aliphatic carbocycles. The van der Waals surface area contributed by atoms with Gasteiger partial charge in [-0.05, 0) is 37.5 Å². The predicted molar refractivity (Wildman–Crippen MR) is 65.1 cm³/mol. The summed E-state index contributed by atoms with van der Waals surface area (Å²) in [6.45, 7) is 0. The summed E-state index contributed by atoms with van der Waals surface area (Å²) in [6.07, 6.45) is 6.76. The van der Waals surface area contributed by atoms with Gasteiger partial charge < -0.3 is 11.1 Å². The predicted octanol–water partition coefficient (Wildman–Crippen LogP) is 2.25. The highest BCUT2D eigenvalue weighted by atomic mass is 19.1. The average Bonchev–Trinajstić information content (AvgIpc) is 2.33. The lowest BCUT2D eigenvalue weighted by Gasteiger charge is -2.19. The third kappa shape index (κ3) is 2.84. The van der Waals surface area contributed by atoms with Crippen molar-refractivity contribution in [1.82, 2.24) is 5.32 Å². The lowest BCUT2D eigenvalue weighted by atomic mass is 10.0. The topological polar surface area (TPSA) is 55.1 Å². The van der Waals surface area contributed by atoms with Crippen LogP contribution < -0.4 is 11.1 Å². The summed E-state index contributed by atoms with van der Waals surface area (Å²) in [7, 11) is 0. The first-order valence-corrected chi connectivity index (χ1v) is 5.67. The summed E-state index contributed by atoms with van der Waals surface area (Å²) in [5.41, 5.74) is 5.94. The number of nitrogens with two attached hydrogens (primary N) is 1. The lowest BCUT2D eigenvalue weighted by molar-refractivity contribution is 0.0930. The van der Waals surface area contributed by atoms with E-state index in [-0.39, 0.29) is 11.6 Å². The molecular weight excluding hydrogens is 219 g/mol. The largest absolute Gasteiger partial charge is 0.399 e. The zero-order valence-corrected chi connectivity index (χ0v) is 9.45. The van der Waals surface area contributed by atoms with Gasteiger partial charge in [-0.15, -0.1) is 0 Å². The average molecular weight is 234 g/mol. The van der Waals surface area contributed by atoms with Crippen molar-refractivity contribution >= 4 is 11.6 Å². The Morgan fingerprint density at radius 1 is 1.41 bits per heavy atom. The molecule has 1 atom stereocenters. The lowest BCUT2D eigenvalue weighted by Crippen LogP contribution is -2.35. The van der Waals surface area contributed by atoms with Crippen molar-refractivity contribution in [2.75, 3.05) is 5.73 Å². The first-order valence-electron chi connectivity index (χ1n) is 5.67. The van der Waals surface area contributed by atoms with E-state index in [1.165, 1.54) is 18.2 Å². The minimum atomic E-state index is -0.539. The second kappa shape index (κ2) is 4.99. The summed E-state index contributed by atoms with van der Waals surface area (Å²) in [4.78, 5) is 11.9. The van der Waals surface area contributed by atoms with Gasteiger partial charge in [0.05, 0.1) is 5.56 Å². The second-order valence-electron chi connectivity index (χ2n) is 4.19. The maximum atomic E-state index is 13.4. The molecule has 0 saturated heterocycles. The number of carbonyl (C=O) groups is 1. The quantitative estimate of drug-likeness (QED) is 0.609. The van der Waals surface area contributed by atoms with Gasteiger partial charge in [0.15, 0.2) is 0 Å². The van der Waals surface area contributed by atoms with Gasteiger partial charge in [0.2, 0.25) is 0 Å². The van der Waals surface area contributed by atoms with Gasteiger partial charge in [0, 0.05) is 11.7 Å². The maximum Gasteiger partial charge on any atom is 0.254 e. The Hall–Kier alpha value is -1.84. The molecule has 0 bridgehead atoms. The first-order chi connectivity index (χ1) is 8.16. The van der Waals surface area contributed by atoms with Crippen molar-refractivity contribution in [2.24, 2.45) is 0 Å². The van der Waals surface area contributed by atoms with Crippen molar-refractivity contribution in [3.63, 3.8) is 0 Å². The van der Waals surface area contributed by atoms with Gasteiger partial charge in [-0.1, -0.05) is 12.2 Å². The van der Waals surface area contributed by atoms with E-state index in [4.69, 9.17) is 5.73 Å². The van der Waals surface area contributed by atoms with E-state index in [2.05, 4.69) is 11.4 Å². The number of allylic oxidation sites excluding steroid dienone is 1. The Morgan fingerprint density at radius 2 is 2.24 bits per heavy atom. The summed E-state index contributed by atoms with van der Waals surface area (Å²) >= 11 is 0. The van der Waals surface area contributed by atoms with Crippen LogP contribution in [0.5, 0.6) is 0 Å². The molecular formula is C13H15FN2O. The fraction of sp³-hybridized carbons (Fsp3) is 0.308. The Labute approximate surface area is 99.5 Å². The Bertz CT molecular complexity index is 457. The molecule has 3 nitrogen and oxygen atoms in total. The van der Waals surface area contributed by atoms with Crippen LogP contribution in [0.2, 0.25) is 0 Å². The third-order valence-corrected chi connectivity index (χ3v) is 2.84. The van der Waals surface area contributed by atoms with Gasteiger partial charge in [0.1, 0.15) is 5.82 Å². The molecule has 0 heterocycles. The molecule has 0 aromatic heterocycles. The van der Waals surface area contributed by atoms with Crippen molar-refractivity contribution < 1.29 is 9.18 Å². The number of nitrogens with one attached hydrogen (secondary N) is 1. The number of carbonyl (C=O) groups excluding carboxylic acids is 1. The van der Waals surface area contributed by atoms with Crippen molar-refractivity contribution in [3.8, 4) is 0 Å². The zero-order valence-electron chi connectivity index (χ0n) is 9.45. The van der Waals surface area contributed by atoms with Gasteiger partial charge in [-0.2, -0.15) is 0 Å². The number of nitrogen functional groups attached to an aromatic ring is 1. The van der Waals surface area contributed by atoms with Crippen LogP contribution in [-0.4, -0.2) is 11.9 Å². The number of benzene rings is 1. The Kier molecular flexibility index (Phi) is 3.42. The number of anilines is 1. The molecule has 1 unspecified atom stereocenters. The number of amides is 1. The third-order valence-electron chi connectivity index (χ3n) is 2.84. The molecule has 3 N–H and O–H groups in total. The Balaban J connectivity index is 2.08. The molecule has 0 radical (unpaired) electrons. The highest BCUT2D eigenvalue weighted by Gasteiger charge is 2.17. The fourth-order valence-electron chi connectivity index (χ4n) is 1.90. The molecule has 1 aromatic carbocycles. The number of halogens is 1. The highest BCUT2D eigenvalue weighted by Crippen LogP contribution is 2.15. The highest BCUT2D eigenvalue weighted by molar-refractivity contribution is 5.95. The number of hydrogen-bond acceptors (Lipinski definition) is 2. The zero-order chi connectivity index (χ0) is 12.3. The molecule has 1 amide bonds. The molecule has 4 heteroatoms. The minimum Gasteiger partial charge on any atom is -0.399 e. The van der Waals surface area contributed by atoms with Crippen molar-refractivity contribution in [1.29, 1.82) is 0 Å². The van der Waals surface area contributed by atoms with Crippen LogP contribution in [0.4, 0.5) is 10.1 Å². The number of hydrogen-bond donors (Lipinski definition) is 2. The smallest absolute Gasteiger partial charge is 0.254 e. The van der Waals surface area contributed by atoms with Crippen LogP contribution in [0.1, 0.15) is 29.6 Å². The van der Waals surface area contributed by atoms with Crippen LogP contribution in [0, 0.1) is 5.82 Å². The van der Waals surface area contributed by atoms with Crippen LogP contribution in [0.15, 0.2) is 30.4 Å². The monoisotopic (exact) mass is 234 g/mol. The normalized spacial score (nSPS) is 19.0. The van der Waals surface area contributed by atoms with E-state index in [1.807, 2.05) is 6.08 Å². The van der Waals surface area contributed by atoms with E-state index in [1.54, 1.807) is 0 Å². The van der Waals surface area contributed by atoms with Gasteiger partial charge >= 0.3 is 0 Å². The van der Waals surface area contributed by atoms with E-state index < -0.39 is 11.7 Å². The fourth-order valence-corrected chi connectivity index (χ4v) is 1.90. The molecule has 0 aliphatic heterocycles. The van der Waals surface area contributed by atoms with Crippen LogP contribution in [0.25, 0.3) is 0 Å². The number of rotatable bonds is 2. The molecule has 2 rings (SSSR count). The van der Waals surface area contributed by atoms with Crippen molar-refractivity contribution in [3.05, 3.63) is 41.7 Å². The van der Waals surface area contributed by atoms with Crippen molar-refractivity contribution in [2.45, 2.75) is 25.3 Å². The van der Waals surface area contributed by atoms with Crippen LogP contribution >= 0.6 is 0 Å². The first kappa shape index (κ1) is 11.6. The molecule has 0 saturated carbocycles. The molecule has 0 spiro atoms. The van der Waals surface area contributed by atoms with E-state index in [0.717, 1.165) is 19.3 Å². The van der Waals surface area contributed by atoms with E-state index >= 15 is 0 Å². The maximum absolute atomic E-state index is 13.4. The second-order valence-corrected chi connectivity index (χ2v) is 4.19. The standard InChI is InChI=1S/C13H15FN2O/c14-12-7-6-9(15)8-11(12)13(17)16-10-4-2-1-3-5-10/h1-2,6-8,10H,3-5,15H2,(H,16,17). The summed E-state index contributed by atoms with van der Waals surface area (Å²) in [5.74, 6) is -0.932. The van der Waals surface area contributed by atoms with Gasteiger partial charge in [-0.25, -0.2) is 4.39 Å². The molecule has 0 fully saturated rings. The molecule has 90 valence electrons.